The lowest BCUT2D eigenvalue weighted by Crippen LogP contribution is -2.21. The van der Waals surface area contributed by atoms with Crippen molar-refractivity contribution in [3.63, 3.8) is 0 Å². The van der Waals surface area contributed by atoms with Crippen LogP contribution in [0.25, 0.3) is 0 Å². The van der Waals surface area contributed by atoms with Gasteiger partial charge >= 0.3 is 0 Å². The molecule has 0 aliphatic carbocycles. The highest BCUT2D eigenvalue weighted by atomic mass is 16.1. The summed E-state index contributed by atoms with van der Waals surface area (Å²) in [4.78, 5) is 9.87. The van der Waals surface area contributed by atoms with Gasteiger partial charge in [0.25, 0.3) is 0 Å². The van der Waals surface area contributed by atoms with E-state index in [1.807, 2.05) is 6.92 Å². The van der Waals surface area contributed by atoms with Crippen molar-refractivity contribution in [1.82, 2.24) is 5.32 Å². The highest BCUT2D eigenvalue weighted by Gasteiger charge is 1.82. The van der Waals surface area contributed by atoms with Crippen LogP contribution >= 0.6 is 0 Å². The molecule has 38 valence electrons. The number of nitrogens with one attached hydrogen (secondary N) is 1. The molecule has 0 fully saturated rings. The zero-order valence-corrected chi connectivity index (χ0v) is 4.40. The standard InChI is InChI=1S/C4H8BNO/c1-2-3-6-4(5)7/h2-3H2,1H3,(H,6,7). The van der Waals surface area contributed by atoms with Crippen LogP contribution < -0.4 is 5.32 Å². The maximum absolute atomic E-state index is 9.87. The van der Waals surface area contributed by atoms with E-state index >= 15 is 0 Å². The van der Waals surface area contributed by atoms with Crippen LogP contribution in [0.3, 0.4) is 0 Å². The number of rotatable bonds is 2. The molecule has 0 spiro atoms. The van der Waals surface area contributed by atoms with Crippen molar-refractivity contribution in [3.8, 4) is 0 Å². The van der Waals surface area contributed by atoms with Crippen LogP contribution in [-0.4, -0.2) is 20.2 Å². The largest absolute Gasteiger partial charge is 0.366 e. The number of carbonyl (C=O) groups excluding carboxylic acids is 1. The molecule has 0 heterocycles. The molecule has 1 amide bonds. The summed E-state index contributed by atoms with van der Waals surface area (Å²) in [6.45, 7) is 2.64. The highest BCUT2D eigenvalue weighted by molar-refractivity contribution is 6.57. The summed E-state index contributed by atoms with van der Waals surface area (Å²) in [5.74, 6) is -0.443. The van der Waals surface area contributed by atoms with Crippen molar-refractivity contribution in [2.75, 3.05) is 6.54 Å². The van der Waals surface area contributed by atoms with Gasteiger partial charge in [0.05, 0.1) is 0 Å². The lowest BCUT2D eigenvalue weighted by Gasteiger charge is -1.94. The van der Waals surface area contributed by atoms with E-state index in [0.29, 0.717) is 6.54 Å². The molecule has 0 rings (SSSR count). The molecule has 0 saturated carbocycles. The molecule has 0 atom stereocenters. The normalized spacial score (nSPS) is 8.14. The first-order valence-electron chi connectivity index (χ1n) is 2.30. The van der Waals surface area contributed by atoms with Crippen LogP contribution in [-0.2, 0) is 0 Å². The van der Waals surface area contributed by atoms with Crippen molar-refractivity contribution < 1.29 is 4.79 Å². The van der Waals surface area contributed by atoms with E-state index in [0.717, 1.165) is 6.42 Å². The first-order valence-corrected chi connectivity index (χ1v) is 2.30. The monoisotopic (exact) mass is 97.1 g/mol. The Balaban J connectivity index is 2.82. The Morgan fingerprint density at radius 2 is 2.43 bits per heavy atom. The van der Waals surface area contributed by atoms with Gasteiger partial charge in [0.1, 0.15) is 0 Å². The Labute approximate surface area is 44.7 Å². The lowest BCUT2D eigenvalue weighted by atomic mass is 10.1. The topological polar surface area (TPSA) is 29.1 Å². The Morgan fingerprint density at radius 1 is 1.86 bits per heavy atom. The van der Waals surface area contributed by atoms with Crippen molar-refractivity contribution in [1.29, 1.82) is 0 Å². The van der Waals surface area contributed by atoms with Gasteiger partial charge in [0.2, 0.25) is 0 Å². The first-order chi connectivity index (χ1) is 3.27. The van der Waals surface area contributed by atoms with Gasteiger partial charge < -0.3 is 5.32 Å². The van der Waals surface area contributed by atoms with Crippen molar-refractivity contribution in [3.05, 3.63) is 0 Å². The first kappa shape index (κ1) is 6.53. The molecule has 0 saturated heterocycles. The van der Waals surface area contributed by atoms with Gasteiger partial charge in [-0.05, 0) is 6.42 Å². The second kappa shape index (κ2) is 3.72. The summed E-state index contributed by atoms with van der Waals surface area (Å²) in [5.41, 5.74) is 0. The summed E-state index contributed by atoms with van der Waals surface area (Å²) >= 11 is 0. The van der Waals surface area contributed by atoms with Crippen LogP contribution in [0, 0.1) is 0 Å². The van der Waals surface area contributed by atoms with Gasteiger partial charge in [-0.15, -0.1) is 0 Å². The smallest absolute Gasteiger partial charge is 0.200 e. The number of hydrogen-bond donors (Lipinski definition) is 1. The van der Waals surface area contributed by atoms with Gasteiger partial charge in [0, 0.05) is 6.54 Å². The van der Waals surface area contributed by atoms with E-state index in [1.165, 1.54) is 0 Å². The minimum absolute atomic E-state index is 0.443. The third-order valence-electron chi connectivity index (χ3n) is 0.549. The summed E-state index contributed by atoms with van der Waals surface area (Å²) in [7, 11) is 4.73. The lowest BCUT2D eigenvalue weighted by molar-refractivity contribution is 0.259. The quantitative estimate of drug-likeness (QED) is 0.492. The van der Waals surface area contributed by atoms with Gasteiger partial charge in [-0.25, -0.2) is 0 Å². The third kappa shape index (κ3) is 5.53. The Bertz CT molecular complexity index is 64.7. The van der Waals surface area contributed by atoms with Gasteiger partial charge in [-0.1, -0.05) is 6.92 Å². The summed E-state index contributed by atoms with van der Waals surface area (Å²) in [6, 6.07) is 0. The summed E-state index contributed by atoms with van der Waals surface area (Å²) in [6.07, 6.45) is 0.933. The van der Waals surface area contributed by atoms with E-state index in [4.69, 9.17) is 7.85 Å². The van der Waals surface area contributed by atoms with Gasteiger partial charge in [-0.2, -0.15) is 0 Å². The molecular formula is C4H8BNO. The van der Waals surface area contributed by atoms with Crippen LogP contribution in [0.15, 0.2) is 0 Å². The molecule has 0 bridgehead atoms. The Hall–Kier alpha value is -0.465. The zero-order chi connectivity index (χ0) is 5.70. The van der Waals surface area contributed by atoms with Crippen molar-refractivity contribution in [2.45, 2.75) is 13.3 Å². The van der Waals surface area contributed by atoms with Gasteiger partial charge in [-0.3, -0.25) is 4.79 Å². The summed E-state index contributed by atoms with van der Waals surface area (Å²) < 4.78 is 0. The molecule has 0 aromatic carbocycles. The molecular weight excluding hydrogens is 88.9 g/mol. The van der Waals surface area contributed by atoms with Crippen molar-refractivity contribution >= 4 is 13.7 Å². The number of amides is 1. The Morgan fingerprint density at radius 3 is 2.57 bits per heavy atom. The fourth-order valence-corrected chi connectivity index (χ4v) is 0.248. The maximum atomic E-state index is 9.87. The minimum atomic E-state index is -0.443. The maximum Gasteiger partial charge on any atom is 0.200 e. The third-order valence-corrected chi connectivity index (χ3v) is 0.549. The highest BCUT2D eigenvalue weighted by Crippen LogP contribution is 1.67. The average Bonchev–Trinajstić information content (AvgIpc) is 1.61. The zero-order valence-electron chi connectivity index (χ0n) is 4.40. The number of carbonyl (C=O) groups is 1. The number of hydrogen-bond acceptors (Lipinski definition) is 1. The molecule has 2 radical (unpaired) electrons. The predicted molar refractivity (Wildman–Crippen MR) is 29.4 cm³/mol. The predicted octanol–water partition coefficient (Wildman–Crippen LogP) is 0.274. The minimum Gasteiger partial charge on any atom is -0.366 e. The van der Waals surface area contributed by atoms with Crippen LogP contribution in [0.5, 0.6) is 0 Å². The molecule has 0 aliphatic heterocycles. The van der Waals surface area contributed by atoms with Crippen LogP contribution in [0.1, 0.15) is 13.3 Å². The molecule has 7 heavy (non-hydrogen) atoms. The van der Waals surface area contributed by atoms with Crippen molar-refractivity contribution in [2.24, 2.45) is 0 Å². The Kier molecular flexibility index (Phi) is 3.47. The van der Waals surface area contributed by atoms with E-state index in [1.54, 1.807) is 0 Å². The summed E-state index contributed by atoms with van der Waals surface area (Å²) in [5, 5.41) is 2.43. The molecule has 2 nitrogen and oxygen atoms in total. The molecule has 0 aromatic heterocycles. The van der Waals surface area contributed by atoms with Gasteiger partial charge in [0.15, 0.2) is 13.7 Å². The van der Waals surface area contributed by atoms with Crippen LogP contribution in [0.2, 0.25) is 0 Å². The van der Waals surface area contributed by atoms with E-state index in [-0.39, 0.29) is 0 Å². The molecule has 3 heteroatoms. The second-order valence-electron chi connectivity index (χ2n) is 1.29. The second-order valence-corrected chi connectivity index (χ2v) is 1.29. The molecule has 0 unspecified atom stereocenters. The fourth-order valence-electron chi connectivity index (χ4n) is 0.248. The van der Waals surface area contributed by atoms with E-state index < -0.39 is 5.81 Å². The van der Waals surface area contributed by atoms with Crippen LogP contribution in [0.4, 0.5) is 4.79 Å². The van der Waals surface area contributed by atoms with E-state index in [9.17, 15) is 4.79 Å². The molecule has 1 N–H and O–H groups in total. The molecule has 0 aromatic rings. The molecule has 0 aliphatic rings. The fraction of sp³-hybridized carbons (Fsp3) is 0.750. The van der Waals surface area contributed by atoms with E-state index in [2.05, 4.69) is 5.32 Å². The SMILES string of the molecule is [B]C(=O)NCCC. The average molecular weight is 96.9 g/mol.